The zero-order valence-corrected chi connectivity index (χ0v) is 11.8. The molecule has 0 atom stereocenters. The van der Waals surface area contributed by atoms with Crippen molar-refractivity contribution in [3.8, 4) is 5.75 Å². The highest BCUT2D eigenvalue weighted by atomic mass is 32.1. The summed E-state index contributed by atoms with van der Waals surface area (Å²) in [5, 5.41) is 17.6. The van der Waals surface area contributed by atoms with Gasteiger partial charge in [0, 0.05) is 5.56 Å². The van der Waals surface area contributed by atoms with Gasteiger partial charge in [-0.3, -0.25) is 4.79 Å². The summed E-state index contributed by atoms with van der Waals surface area (Å²) >= 11 is 1.35. The van der Waals surface area contributed by atoms with Gasteiger partial charge in [0.05, 0.1) is 11.1 Å². The molecule has 0 saturated carbocycles. The van der Waals surface area contributed by atoms with Crippen molar-refractivity contribution >= 4 is 34.2 Å². The molecular formula is C16H12N2O2S. The molecule has 3 rings (SSSR count). The molecule has 0 unspecified atom stereocenters. The van der Waals surface area contributed by atoms with Crippen LogP contribution in [0.3, 0.4) is 0 Å². The molecule has 0 aliphatic carbocycles. The Hall–Kier alpha value is -2.66. The van der Waals surface area contributed by atoms with Crippen LogP contribution in [0.1, 0.15) is 15.2 Å². The van der Waals surface area contributed by atoms with Crippen LogP contribution >= 0.6 is 11.3 Å². The first-order valence-electron chi connectivity index (χ1n) is 6.33. The van der Waals surface area contributed by atoms with Crippen molar-refractivity contribution in [3.63, 3.8) is 0 Å². The lowest BCUT2D eigenvalue weighted by Gasteiger charge is -2.04. The van der Waals surface area contributed by atoms with Crippen LogP contribution in [0.4, 0.5) is 0 Å². The van der Waals surface area contributed by atoms with Crippen molar-refractivity contribution in [2.24, 2.45) is 5.10 Å². The molecule has 1 aromatic heterocycles. The second-order valence-corrected chi connectivity index (χ2v) is 5.34. The number of rotatable bonds is 3. The average molecular weight is 296 g/mol. The van der Waals surface area contributed by atoms with Crippen LogP contribution in [-0.4, -0.2) is 17.2 Å². The van der Waals surface area contributed by atoms with Gasteiger partial charge in [-0.15, -0.1) is 11.3 Å². The molecule has 4 nitrogen and oxygen atoms in total. The molecule has 0 fully saturated rings. The summed E-state index contributed by atoms with van der Waals surface area (Å²) in [7, 11) is 0. The first-order valence-corrected chi connectivity index (χ1v) is 7.21. The molecule has 2 N–H and O–H groups in total. The number of hydrogen-bond acceptors (Lipinski definition) is 4. The number of hydrazone groups is 1. The van der Waals surface area contributed by atoms with Crippen LogP contribution in [0.2, 0.25) is 0 Å². The molecular weight excluding hydrogens is 284 g/mol. The van der Waals surface area contributed by atoms with Gasteiger partial charge >= 0.3 is 0 Å². The van der Waals surface area contributed by atoms with Gasteiger partial charge in [-0.05, 0) is 28.3 Å². The zero-order chi connectivity index (χ0) is 14.7. The summed E-state index contributed by atoms with van der Waals surface area (Å²) in [4.78, 5) is 12.4. The summed E-state index contributed by atoms with van der Waals surface area (Å²) in [5.74, 6) is -0.135. The molecule has 21 heavy (non-hydrogen) atoms. The van der Waals surface area contributed by atoms with E-state index < -0.39 is 0 Å². The minimum atomic E-state index is -0.263. The summed E-state index contributed by atoms with van der Waals surface area (Å²) in [6.07, 6.45) is 1.46. The second-order valence-electron chi connectivity index (χ2n) is 4.40. The highest BCUT2D eigenvalue weighted by Crippen LogP contribution is 2.25. The van der Waals surface area contributed by atoms with E-state index in [0.717, 1.165) is 10.8 Å². The number of benzene rings is 2. The van der Waals surface area contributed by atoms with E-state index in [1.165, 1.54) is 17.6 Å². The Bertz CT molecular complexity index is 810. The molecule has 1 heterocycles. The van der Waals surface area contributed by atoms with Crippen molar-refractivity contribution in [1.29, 1.82) is 0 Å². The average Bonchev–Trinajstić information content (AvgIpc) is 3.04. The van der Waals surface area contributed by atoms with Crippen molar-refractivity contribution in [3.05, 3.63) is 64.4 Å². The number of carbonyl (C=O) groups is 1. The Labute approximate surface area is 125 Å². The number of amides is 1. The predicted molar refractivity (Wildman–Crippen MR) is 85.0 cm³/mol. The molecule has 2 aromatic carbocycles. The van der Waals surface area contributed by atoms with E-state index in [1.54, 1.807) is 18.2 Å². The monoisotopic (exact) mass is 296 g/mol. The number of carbonyl (C=O) groups excluding carboxylic acids is 1. The number of nitrogens with zero attached hydrogens (tertiary/aromatic N) is 1. The lowest BCUT2D eigenvalue weighted by atomic mass is 10.0. The Kier molecular flexibility index (Phi) is 3.66. The van der Waals surface area contributed by atoms with Crippen LogP contribution in [0.15, 0.2) is 59.0 Å². The van der Waals surface area contributed by atoms with E-state index in [9.17, 15) is 9.90 Å². The molecule has 0 aliphatic rings. The third-order valence-electron chi connectivity index (χ3n) is 3.05. The number of phenolic OH excluding ortho intramolecular Hbond substituents is 1. The highest BCUT2D eigenvalue weighted by molar-refractivity contribution is 7.12. The van der Waals surface area contributed by atoms with Crippen molar-refractivity contribution in [1.82, 2.24) is 5.43 Å². The number of fused-ring (bicyclic) bond motifs is 1. The van der Waals surface area contributed by atoms with Crippen LogP contribution in [0.5, 0.6) is 5.75 Å². The normalized spacial score (nSPS) is 11.0. The predicted octanol–water partition coefficient (Wildman–Crippen LogP) is 3.37. The molecule has 5 heteroatoms. The standard InChI is InChI=1S/C16H12N2O2S/c19-14-8-7-11-4-1-2-5-12(11)13(14)10-17-18-16(20)15-6-3-9-21-15/h1-10,19H,(H,18,20)/b17-10-. The van der Waals surface area contributed by atoms with E-state index in [4.69, 9.17) is 0 Å². The smallest absolute Gasteiger partial charge is 0.281 e. The van der Waals surface area contributed by atoms with Gasteiger partial charge in [0.25, 0.3) is 5.91 Å². The summed E-state index contributed by atoms with van der Waals surface area (Å²) < 4.78 is 0. The zero-order valence-electron chi connectivity index (χ0n) is 11.0. The lowest BCUT2D eigenvalue weighted by molar-refractivity contribution is 0.0959. The topological polar surface area (TPSA) is 61.7 Å². The molecule has 0 radical (unpaired) electrons. The Morgan fingerprint density at radius 1 is 1.14 bits per heavy atom. The van der Waals surface area contributed by atoms with Crippen LogP contribution in [-0.2, 0) is 0 Å². The maximum absolute atomic E-state index is 11.8. The number of aromatic hydroxyl groups is 1. The fourth-order valence-corrected chi connectivity index (χ4v) is 2.65. The molecule has 0 aliphatic heterocycles. The van der Waals surface area contributed by atoms with E-state index in [2.05, 4.69) is 10.5 Å². The van der Waals surface area contributed by atoms with Gasteiger partial charge < -0.3 is 5.11 Å². The maximum Gasteiger partial charge on any atom is 0.281 e. The molecule has 104 valence electrons. The molecule has 0 spiro atoms. The lowest BCUT2D eigenvalue weighted by Crippen LogP contribution is -2.16. The summed E-state index contributed by atoms with van der Waals surface area (Å²) in [6.45, 7) is 0. The Balaban J connectivity index is 1.86. The summed E-state index contributed by atoms with van der Waals surface area (Å²) in [5.41, 5.74) is 3.04. The fourth-order valence-electron chi connectivity index (χ4n) is 2.04. The molecule has 3 aromatic rings. The van der Waals surface area contributed by atoms with Crippen molar-refractivity contribution in [2.45, 2.75) is 0 Å². The molecule has 0 saturated heterocycles. The van der Waals surface area contributed by atoms with Gasteiger partial charge in [0.15, 0.2) is 0 Å². The van der Waals surface area contributed by atoms with E-state index >= 15 is 0 Å². The number of thiophene rings is 1. The van der Waals surface area contributed by atoms with Gasteiger partial charge in [0.1, 0.15) is 5.75 Å². The minimum absolute atomic E-state index is 0.128. The SMILES string of the molecule is O=C(N/N=C\c1c(O)ccc2ccccc12)c1cccs1. The van der Waals surface area contributed by atoms with E-state index in [-0.39, 0.29) is 11.7 Å². The van der Waals surface area contributed by atoms with Gasteiger partial charge in [-0.25, -0.2) is 5.43 Å². The Morgan fingerprint density at radius 3 is 2.81 bits per heavy atom. The maximum atomic E-state index is 11.8. The minimum Gasteiger partial charge on any atom is -0.507 e. The van der Waals surface area contributed by atoms with Gasteiger partial charge in [0.2, 0.25) is 0 Å². The number of hydrogen-bond donors (Lipinski definition) is 2. The van der Waals surface area contributed by atoms with E-state index in [1.807, 2.05) is 35.7 Å². The Morgan fingerprint density at radius 2 is 2.00 bits per heavy atom. The second kappa shape index (κ2) is 5.76. The largest absolute Gasteiger partial charge is 0.507 e. The third kappa shape index (κ3) is 2.78. The van der Waals surface area contributed by atoms with Crippen LogP contribution in [0.25, 0.3) is 10.8 Å². The summed E-state index contributed by atoms with van der Waals surface area (Å²) in [6, 6.07) is 14.7. The van der Waals surface area contributed by atoms with E-state index in [0.29, 0.717) is 10.4 Å². The van der Waals surface area contributed by atoms with Gasteiger partial charge in [-0.2, -0.15) is 5.10 Å². The molecule has 1 amide bonds. The van der Waals surface area contributed by atoms with Crippen LogP contribution < -0.4 is 5.43 Å². The first kappa shape index (κ1) is 13.3. The highest BCUT2D eigenvalue weighted by Gasteiger charge is 2.06. The fraction of sp³-hybridized carbons (Fsp3) is 0. The quantitative estimate of drug-likeness (QED) is 0.575. The van der Waals surface area contributed by atoms with Crippen molar-refractivity contribution in [2.75, 3.05) is 0 Å². The number of phenols is 1. The number of nitrogens with one attached hydrogen (secondary N) is 1. The third-order valence-corrected chi connectivity index (χ3v) is 3.92. The molecule has 0 bridgehead atoms. The van der Waals surface area contributed by atoms with Crippen LogP contribution in [0, 0.1) is 0 Å². The van der Waals surface area contributed by atoms with Crippen molar-refractivity contribution < 1.29 is 9.90 Å². The van der Waals surface area contributed by atoms with Gasteiger partial charge in [-0.1, -0.05) is 36.4 Å². The first-order chi connectivity index (χ1) is 10.3.